The van der Waals surface area contributed by atoms with E-state index in [0.29, 0.717) is 6.54 Å². The van der Waals surface area contributed by atoms with Gasteiger partial charge in [-0.3, -0.25) is 9.69 Å². The summed E-state index contributed by atoms with van der Waals surface area (Å²) in [5, 5.41) is 12.6. The minimum Gasteiger partial charge on any atom is -0.480 e. The first-order valence-corrected chi connectivity index (χ1v) is 7.55. The van der Waals surface area contributed by atoms with E-state index in [9.17, 15) is 9.90 Å². The second kappa shape index (κ2) is 4.87. The third kappa shape index (κ3) is 2.82. The molecular weight excluding hydrogens is 260 g/mol. The van der Waals surface area contributed by atoms with Gasteiger partial charge in [-0.25, -0.2) is 4.98 Å². The van der Waals surface area contributed by atoms with Gasteiger partial charge in [-0.05, 0) is 26.3 Å². The van der Waals surface area contributed by atoms with Gasteiger partial charge in [-0.15, -0.1) is 11.3 Å². The second-order valence-electron chi connectivity index (χ2n) is 6.50. The van der Waals surface area contributed by atoms with Gasteiger partial charge in [0.15, 0.2) is 0 Å². The van der Waals surface area contributed by atoms with Crippen LogP contribution < -0.4 is 0 Å². The fourth-order valence-corrected chi connectivity index (χ4v) is 3.33. The average Bonchev–Trinajstić information content (AvgIpc) is 2.87. The van der Waals surface area contributed by atoms with Crippen molar-refractivity contribution in [1.82, 2.24) is 9.88 Å². The first kappa shape index (κ1) is 14.5. The number of likely N-dealkylation sites (tertiary alicyclic amines) is 1. The van der Waals surface area contributed by atoms with E-state index < -0.39 is 11.5 Å². The van der Waals surface area contributed by atoms with Crippen LogP contribution in [0.15, 0.2) is 5.38 Å². The van der Waals surface area contributed by atoms with Crippen LogP contribution in [0.25, 0.3) is 0 Å². The van der Waals surface area contributed by atoms with Crippen molar-refractivity contribution in [3.8, 4) is 0 Å². The molecule has 0 aliphatic carbocycles. The molecule has 1 saturated heterocycles. The molecule has 5 heteroatoms. The van der Waals surface area contributed by atoms with Crippen LogP contribution in [0.2, 0.25) is 0 Å². The molecule has 0 spiro atoms. The average molecular weight is 282 g/mol. The minimum absolute atomic E-state index is 0.0596. The molecule has 0 bridgehead atoms. The molecule has 106 valence electrons. The number of carbonyl (C=O) groups is 1. The van der Waals surface area contributed by atoms with E-state index in [4.69, 9.17) is 0 Å². The van der Waals surface area contributed by atoms with Crippen LogP contribution >= 0.6 is 11.3 Å². The summed E-state index contributed by atoms with van der Waals surface area (Å²) < 4.78 is 0. The van der Waals surface area contributed by atoms with E-state index in [-0.39, 0.29) is 5.41 Å². The highest BCUT2D eigenvalue weighted by Crippen LogP contribution is 2.32. The Labute approximate surface area is 118 Å². The predicted octanol–water partition coefficient (Wildman–Crippen LogP) is 2.88. The van der Waals surface area contributed by atoms with Crippen LogP contribution in [-0.4, -0.2) is 33.0 Å². The van der Waals surface area contributed by atoms with Gasteiger partial charge >= 0.3 is 5.97 Å². The van der Waals surface area contributed by atoms with Crippen LogP contribution in [0.5, 0.6) is 0 Å². The molecule has 1 aromatic rings. The molecule has 0 radical (unpaired) electrons. The third-order valence-corrected chi connectivity index (χ3v) is 5.11. The summed E-state index contributed by atoms with van der Waals surface area (Å²) in [4.78, 5) is 18.1. The zero-order valence-corrected chi connectivity index (χ0v) is 12.9. The van der Waals surface area contributed by atoms with Crippen LogP contribution in [0, 0.1) is 0 Å². The van der Waals surface area contributed by atoms with E-state index in [1.165, 1.54) is 0 Å². The SMILES string of the molecule is CC(C)(C)c1nc(CN2CCCC2(C)C(=O)O)cs1. The van der Waals surface area contributed by atoms with E-state index in [1.54, 1.807) is 11.3 Å². The molecule has 19 heavy (non-hydrogen) atoms. The Balaban J connectivity index is 2.13. The van der Waals surface area contributed by atoms with Gasteiger partial charge in [0.05, 0.1) is 10.7 Å². The summed E-state index contributed by atoms with van der Waals surface area (Å²) >= 11 is 1.66. The molecule has 1 unspecified atom stereocenters. The molecule has 1 aliphatic rings. The highest BCUT2D eigenvalue weighted by molar-refractivity contribution is 7.09. The number of carboxylic acid groups (broad SMARTS) is 1. The zero-order valence-electron chi connectivity index (χ0n) is 12.1. The van der Waals surface area contributed by atoms with Gasteiger partial charge in [0.1, 0.15) is 5.54 Å². The van der Waals surface area contributed by atoms with Gasteiger partial charge in [-0.2, -0.15) is 0 Å². The highest BCUT2D eigenvalue weighted by Gasteiger charge is 2.43. The molecule has 4 nitrogen and oxygen atoms in total. The number of aliphatic carboxylic acids is 1. The van der Waals surface area contributed by atoms with Gasteiger partial charge in [0.2, 0.25) is 0 Å². The van der Waals surface area contributed by atoms with Crippen molar-refractivity contribution in [3.63, 3.8) is 0 Å². The van der Waals surface area contributed by atoms with Crippen molar-refractivity contribution in [3.05, 3.63) is 16.1 Å². The lowest BCUT2D eigenvalue weighted by Gasteiger charge is -2.30. The van der Waals surface area contributed by atoms with Crippen LogP contribution in [-0.2, 0) is 16.8 Å². The number of hydrogen-bond donors (Lipinski definition) is 1. The standard InChI is InChI=1S/C14H22N2O2S/c1-13(2,3)11-15-10(9-19-11)8-16-7-5-6-14(16,4)12(17)18/h9H,5-8H2,1-4H3,(H,17,18). The fraction of sp³-hybridized carbons (Fsp3) is 0.714. The summed E-state index contributed by atoms with van der Waals surface area (Å²) in [6.45, 7) is 9.73. The maximum Gasteiger partial charge on any atom is 0.323 e. The van der Waals surface area contributed by atoms with Crippen molar-refractivity contribution in [1.29, 1.82) is 0 Å². The maximum absolute atomic E-state index is 11.4. The zero-order chi connectivity index (χ0) is 14.3. The molecule has 1 aliphatic heterocycles. The Kier molecular flexibility index (Phi) is 3.71. The maximum atomic E-state index is 11.4. The topological polar surface area (TPSA) is 53.4 Å². The quantitative estimate of drug-likeness (QED) is 0.926. The molecule has 0 amide bonds. The molecule has 1 atom stereocenters. The Bertz CT molecular complexity index is 478. The lowest BCUT2D eigenvalue weighted by molar-refractivity contribution is -0.148. The van der Waals surface area contributed by atoms with Crippen LogP contribution in [0.3, 0.4) is 0 Å². The molecule has 1 fully saturated rings. The van der Waals surface area contributed by atoms with Gasteiger partial charge in [-0.1, -0.05) is 20.8 Å². The lowest BCUT2D eigenvalue weighted by atomic mass is 9.98. The van der Waals surface area contributed by atoms with Gasteiger partial charge in [0, 0.05) is 17.3 Å². The van der Waals surface area contributed by atoms with Crippen LogP contribution in [0.1, 0.15) is 51.2 Å². The summed E-state index contributed by atoms with van der Waals surface area (Å²) in [5.74, 6) is -0.726. The number of hydrogen-bond acceptors (Lipinski definition) is 4. The molecule has 0 aromatic carbocycles. The van der Waals surface area contributed by atoms with Crippen molar-refractivity contribution >= 4 is 17.3 Å². The van der Waals surface area contributed by atoms with Gasteiger partial charge in [0.25, 0.3) is 0 Å². The Morgan fingerprint density at radius 3 is 2.79 bits per heavy atom. The monoisotopic (exact) mass is 282 g/mol. The third-order valence-electron chi connectivity index (χ3n) is 3.80. The Morgan fingerprint density at radius 1 is 1.58 bits per heavy atom. The van der Waals surface area contributed by atoms with E-state index in [0.717, 1.165) is 30.1 Å². The summed E-state index contributed by atoms with van der Waals surface area (Å²) in [7, 11) is 0. The Morgan fingerprint density at radius 2 is 2.26 bits per heavy atom. The van der Waals surface area contributed by atoms with Crippen molar-refractivity contribution in [2.75, 3.05) is 6.54 Å². The Hall–Kier alpha value is -0.940. The molecule has 0 saturated carbocycles. The van der Waals surface area contributed by atoms with E-state index >= 15 is 0 Å². The van der Waals surface area contributed by atoms with Crippen LogP contribution in [0.4, 0.5) is 0 Å². The summed E-state index contributed by atoms with van der Waals surface area (Å²) in [6, 6.07) is 0. The second-order valence-corrected chi connectivity index (χ2v) is 7.36. The molecule has 2 heterocycles. The molecule has 1 aromatic heterocycles. The number of aromatic nitrogens is 1. The normalized spacial score (nSPS) is 24.8. The van der Waals surface area contributed by atoms with Crippen molar-refractivity contribution in [2.45, 2.75) is 58.0 Å². The minimum atomic E-state index is -0.731. The van der Waals surface area contributed by atoms with Gasteiger partial charge < -0.3 is 5.11 Å². The largest absolute Gasteiger partial charge is 0.480 e. The summed E-state index contributed by atoms with van der Waals surface area (Å²) in [6.07, 6.45) is 1.66. The predicted molar refractivity (Wildman–Crippen MR) is 76.5 cm³/mol. The molecular formula is C14H22N2O2S. The number of carboxylic acids is 1. The van der Waals surface area contributed by atoms with E-state index in [2.05, 4.69) is 31.1 Å². The van der Waals surface area contributed by atoms with Crippen molar-refractivity contribution in [2.24, 2.45) is 0 Å². The number of rotatable bonds is 3. The molecule has 1 N–H and O–H groups in total. The first-order valence-electron chi connectivity index (χ1n) is 6.67. The summed E-state index contributed by atoms with van der Waals surface area (Å²) in [5.41, 5.74) is 0.319. The van der Waals surface area contributed by atoms with Crippen molar-refractivity contribution < 1.29 is 9.90 Å². The highest BCUT2D eigenvalue weighted by atomic mass is 32.1. The van der Waals surface area contributed by atoms with E-state index in [1.807, 2.05) is 11.8 Å². The fourth-order valence-electron chi connectivity index (χ4n) is 2.43. The lowest BCUT2D eigenvalue weighted by Crippen LogP contribution is -2.47. The smallest absolute Gasteiger partial charge is 0.323 e. The number of nitrogens with zero attached hydrogens (tertiary/aromatic N) is 2. The number of thiazole rings is 1. The first-order chi connectivity index (χ1) is 8.73. The molecule has 2 rings (SSSR count).